The van der Waals surface area contributed by atoms with Crippen molar-refractivity contribution in [3.05, 3.63) is 36.2 Å². The van der Waals surface area contributed by atoms with E-state index in [1.54, 1.807) is 37.7 Å². The highest BCUT2D eigenvalue weighted by Gasteiger charge is 2.26. The summed E-state index contributed by atoms with van der Waals surface area (Å²) in [6, 6.07) is 5.29. The minimum absolute atomic E-state index is 0.0439. The summed E-state index contributed by atoms with van der Waals surface area (Å²) in [4.78, 5) is 13.9. The molecule has 0 bridgehead atoms. The second kappa shape index (κ2) is 4.84. The third-order valence-corrected chi connectivity index (χ3v) is 2.76. The van der Waals surface area contributed by atoms with E-state index in [1.165, 1.54) is 4.80 Å². The molecular weight excluding hydrogens is 242 g/mol. The van der Waals surface area contributed by atoms with Gasteiger partial charge in [-0.05, 0) is 12.1 Å². The van der Waals surface area contributed by atoms with Gasteiger partial charge in [0.1, 0.15) is 11.4 Å². The highest BCUT2D eigenvalue weighted by atomic mass is 16.5. The van der Waals surface area contributed by atoms with Crippen molar-refractivity contribution >= 4 is 5.78 Å². The molecule has 0 spiro atoms. The van der Waals surface area contributed by atoms with Crippen LogP contribution in [0.5, 0.6) is 5.75 Å². The second-order valence-corrected chi connectivity index (χ2v) is 5.28. The third-order valence-electron chi connectivity index (χ3n) is 2.76. The largest absolute Gasteiger partial charge is 0.497 e. The lowest BCUT2D eigenvalue weighted by molar-refractivity contribution is 0.0858. The molecule has 0 aliphatic carbocycles. The summed E-state index contributed by atoms with van der Waals surface area (Å²) in [6.45, 7) is 5.67. The molecule has 0 atom stereocenters. The Morgan fingerprint density at radius 2 is 1.84 bits per heavy atom. The van der Waals surface area contributed by atoms with Gasteiger partial charge in [-0.25, -0.2) is 0 Å². The van der Waals surface area contributed by atoms with Crippen molar-refractivity contribution < 1.29 is 9.53 Å². The van der Waals surface area contributed by atoms with Gasteiger partial charge < -0.3 is 4.74 Å². The van der Waals surface area contributed by atoms with E-state index < -0.39 is 5.41 Å². The molecule has 19 heavy (non-hydrogen) atoms. The molecule has 0 N–H and O–H groups in total. The van der Waals surface area contributed by atoms with E-state index in [-0.39, 0.29) is 5.78 Å². The van der Waals surface area contributed by atoms with Crippen molar-refractivity contribution in [1.82, 2.24) is 15.0 Å². The lowest BCUT2D eigenvalue weighted by Gasteiger charge is -2.19. The van der Waals surface area contributed by atoms with Crippen LogP contribution in [-0.2, 0) is 0 Å². The summed E-state index contributed by atoms with van der Waals surface area (Å²) < 4.78 is 5.19. The van der Waals surface area contributed by atoms with Crippen LogP contribution in [0.2, 0.25) is 0 Å². The van der Waals surface area contributed by atoms with Crippen molar-refractivity contribution in [3.8, 4) is 11.4 Å². The van der Waals surface area contributed by atoms with E-state index in [1.807, 2.05) is 20.8 Å². The predicted octanol–water partition coefficient (Wildman–Crippen LogP) is 2.50. The Morgan fingerprint density at radius 1 is 1.21 bits per heavy atom. The van der Waals surface area contributed by atoms with Crippen LogP contribution in [0, 0.1) is 5.41 Å². The van der Waals surface area contributed by atoms with E-state index in [9.17, 15) is 4.79 Å². The second-order valence-electron chi connectivity index (χ2n) is 5.28. The Labute approximate surface area is 112 Å². The number of hydrogen-bond donors (Lipinski definition) is 0. The average molecular weight is 259 g/mol. The summed E-state index contributed by atoms with van der Waals surface area (Å²) in [5.41, 5.74) is 0.755. The van der Waals surface area contributed by atoms with Crippen LogP contribution in [-0.4, -0.2) is 27.9 Å². The monoisotopic (exact) mass is 259 g/mol. The van der Waals surface area contributed by atoms with Crippen LogP contribution in [0.15, 0.2) is 30.6 Å². The molecule has 0 aliphatic rings. The molecule has 0 fully saturated rings. The minimum Gasteiger partial charge on any atom is -0.497 e. The molecule has 0 aliphatic heterocycles. The maximum absolute atomic E-state index is 12.5. The van der Waals surface area contributed by atoms with Crippen molar-refractivity contribution in [3.63, 3.8) is 0 Å². The number of ether oxygens (including phenoxy) is 1. The summed E-state index contributed by atoms with van der Waals surface area (Å²) in [7, 11) is 1.58. The first kappa shape index (κ1) is 13.3. The normalized spacial score (nSPS) is 11.4. The van der Waals surface area contributed by atoms with Crippen molar-refractivity contribution in [2.45, 2.75) is 20.8 Å². The van der Waals surface area contributed by atoms with Crippen molar-refractivity contribution in [2.24, 2.45) is 5.41 Å². The Bertz CT molecular complexity index is 583. The molecule has 0 unspecified atom stereocenters. The predicted molar refractivity (Wildman–Crippen MR) is 71.7 cm³/mol. The first-order valence-corrected chi connectivity index (χ1v) is 6.03. The molecule has 2 rings (SSSR count). The molecule has 1 heterocycles. The van der Waals surface area contributed by atoms with Gasteiger partial charge in [0.15, 0.2) is 5.78 Å². The molecule has 1 aromatic carbocycles. The van der Waals surface area contributed by atoms with E-state index in [2.05, 4.69) is 10.2 Å². The van der Waals surface area contributed by atoms with Crippen LogP contribution < -0.4 is 4.74 Å². The van der Waals surface area contributed by atoms with E-state index in [4.69, 9.17) is 4.74 Å². The molecule has 0 saturated heterocycles. The van der Waals surface area contributed by atoms with Crippen LogP contribution in [0.25, 0.3) is 5.69 Å². The van der Waals surface area contributed by atoms with Crippen molar-refractivity contribution in [1.29, 1.82) is 0 Å². The highest BCUT2D eigenvalue weighted by Crippen LogP contribution is 2.27. The smallest absolute Gasteiger partial charge is 0.170 e. The zero-order valence-corrected chi connectivity index (χ0v) is 11.5. The SMILES string of the molecule is COc1ccc(C(=O)C(C)(C)C)c(-n2nccn2)c1. The first-order valence-electron chi connectivity index (χ1n) is 6.03. The number of benzene rings is 1. The molecule has 2 aromatic rings. The lowest BCUT2D eigenvalue weighted by atomic mass is 9.86. The molecular formula is C14H17N3O2. The summed E-state index contributed by atoms with van der Waals surface area (Å²) in [6.07, 6.45) is 3.15. The molecule has 0 amide bonds. The van der Waals surface area contributed by atoms with E-state index in [0.29, 0.717) is 17.0 Å². The van der Waals surface area contributed by atoms with Gasteiger partial charge in [-0.3, -0.25) is 4.79 Å². The van der Waals surface area contributed by atoms with Gasteiger partial charge in [-0.2, -0.15) is 15.0 Å². The number of nitrogens with zero attached hydrogens (tertiary/aromatic N) is 3. The fourth-order valence-corrected chi connectivity index (χ4v) is 1.74. The van der Waals surface area contributed by atoms with Gasteiger partial charge in [-0.15, -0.1) is 0 Å². The Hall–Kier alpha value is -2.17. The maximum atomic E-state index is 12.5. The Balaban J connectivity index is 2.58. The zero-order chi connectivity index (χ0) is 14.0. The minimum atomic E-state index is -0.462. The summed E-state index contributed by atoms with van der Waals surface area (Å²) >= 11 is 0. The fraction of sp³-hybridized carbons (Fsp3) is 0.357. The van der Waals surface area contributed by atoms with Gasteiger partial charge in [0.2, 0.25) is 0 Å². The number of hydrogen-bond acceptors (Lipinski definition) is 4. The Kier molecular flexibility index (Phi) is 3.38. The highest BCUT2D eigenvalue weighted by molar-refractivity contribution is 6.02. The molecule has 0 radical (unpaired) electrons. The van der Waals surface area contributed by atoms with Gasteiger partial charge in [0.25, 0.3) is 0 Å². The molecule has 5 nitrogen and oxygen atoms in total. The van der Waals surface area contributed by atoms with Crippen molar-refractivity contribution in [2.75, 3.05) is 7.11 Å². The van der Waals surface area contributed by atoms with Gasteiger partial charge in [0, 0.05) is 17.0 Å². The standard InChI is InChI=1S/C14H17N3O2/c1-14(2,3)13(18)11-6-5-10(19-4)9-12(11)17-15-7-8-16-17/h5-9H,1-4H3. The van der Waals surface area contributed by atoms with Crippen LogP contribution in [0.4, 0.5) is 0 Å². The van der Waals surface area contributed by atoms with E-state index >= 15 is 0 Å². The van der Waals surface area contributed by atoms with Crippen LogP contribution in [0.1, 0.15) is 31.1 Å². The number of methoxy groups -OCH3 is 1. The number of carbonyl (C=O) groups is 1. The number of ketones is 1. The molecule has 1 aromatic heterocycles. The summed E-state index contributed by atoms with van der Waals surface area (Å²) in [5, 5.41) is 8.17. The molecule has 100 valence electrons. The van der Waals surface area contributed by atoms with Gasteiger partial charge in [0.05, 0.1) is 19.5 Å². The quantitative estimate of drug-likeness (QED) is 0.795. The fourth-order valence-electron chi connectivity index (χ4n) is 1.74. The van der Waals surface area contributed by atoms with E-state index in [0.717, 1.165) is 0 Å². The van der Waals surface area contributed by atoms with Gasteiger partial charge in [-0.1, -0.05) is 20.8 Å². The molecule has 0 saturated carbocycles. The zero-order valence-electron chi connectivity index (χ0n) is 11.5. The van der Waals surface area contributed by atoms with Crippen LogP contribution >= 0.6 is 0 Å². The maximum Gasteiger partial charge on any atom is 0.170 e. The Morgan fingerprint density at radius 3 is 2.37 bits per heavy atom. The number of rotatable bonds is 3. The third kappa shape index (κ3) is 2.65. The number of carbonyl (C=O) groups excluding carboxylic acids is 1. The number of aromatic nitrogens is 3. The lowest BCUT2D eigenvalue weighted by Crippen LogP contribution is -2.22. The average Bonchev–Trinajstić information content (AvgIpc) is 2.89. The number of Topliss-reactive ketones (excluding diaryl/α,β-unsaturated/α-hetero) is 1. The summed E-state index contributed by atoms with van der Waals surface area (Å²) in [5.74, 6) is 0.709. The molecule has 5 heteroatoms. The first-order chi connectivity index (χ1) is 8.93. The topological polar surface area (TPSA) is 57.0 Å². The van der Waals surface area contributed by atoms with Gasteiger partial charge >= 0.3 is 0 Å². The van der Waals surface area contributed by atoms with Crippen LogP contribution in [0.3, 0.4) is 0 Å².